The van der Waals surface area contributed by atoms with Crippen LogP contribution in [0.3, 0.4) is 0 Å². The molecule has 0 saturated carbocycles. The summed E-state index contributed by atoms with van der Waals surface area (Å²) in [7, 11) is 0. The molecule has 5 nitrogen and oxygen atoms in total. The summed E-state index contributed by atoms with van der Waals surface area (Å²) in [4.78, 5) is 2.50. The minimum atomic E-state index is 0.647. The number of likely N-dealkylation sites (tertiary alicyclic amines) is 1. The average molecular weight is 409 g/mol. The number of para-hydroxylation sites is 1. The van der Waals surface area contributed by atoms with Crippen molar-refractivity contribution in [1.82, 2.24) is 19.7 Å². The van der Waals surface area contributed by atoms with Crippen molar-refractivity contribution in [3.8, 4) is 5.75 Å². The predicted octanol–water partition coefficient (Wildman–Crippen LogP) is 4.48. The van der Waals surface area contributed by atoms with E-state index in [4.69, 9.17) is 4.74 Å². The van der Waals surface area contributed by atoms with Crippen LogP contribution in [0.5, 0.6) is 5.75 Å². The Bertz CT molecular complexity index is 863. The van der Waals surface area contributed by atoms with Crippen LogP contribution in [0.25, 0.3) is 0 Å². The number of rotatable bonds is 9. The maximum atomic E-state index is 5.83. The van der Waals surface area contributed by atoms with Crippen molar-refractivity contribution in [3.05, 3.63) is 72.1 Å². The molecule has 2 heterocycles. The normalized spacial score (nSPS) is 14.8. The smallest absolute Gasteiger partial charge is 0.191 e. The van der Waals surface area contributed by atoms with Gasteiger partial charge < -0.3 is 9.30 Å². The van der Waals surface area contributed by atoms with Crippen LogP contribution >= 0.6 is 11.8 Å². The number of piperidine rings is 1. The van der Waals surface area contributed by atoms with Crippen LogP contribution < -0.4 is 4.74 Å². The molecule has 1 aliphatic rings. The lowest BCUT2D eigenvalue weighted by Crippen LogP contribution is -2.30. The molecular weight excluding hydrogens is 380 g/mol. The van der Waals surface area contributed by atoms with E-state index in [-0.39, 0.29) is 0 Å². The molecule has 0 spiro atoms. The Labute approximate surface area is 177 Å². The first-order valence-electron chi connectivity index (χ1n) is 10.4. The molecule has 0 unspecified atom stereocenters. The zero-order valence-corrected chi connectivity index (χ0v) is 17.6. The van der Waals surface area contributed by atoms with Crippen LogP contribution in [-0.4, -0.2) is 45.1 Å². The Hall–Kier alpha value is -2.31. The maximum Gasteiger partial charge on any atom is 0.191 e. The molecule has 0 aliphatic carbocycles. The Kier molecular flexibility index (Phi) is 7.21. The summed E-state index contributed by atoms with van der Waals surface area (Å²) in [5.41, 5.74) is 1.27. The maximum absolute atomic E-state index is 5.83. The summed E-state index contributed by atoms with van der Waals surface area (Å²) in [5, 5.41) is 10.0. The summed E-state index contributed by atoms with van der Waals surface area (Å²) in [6, 6.07) is 20.5. The first-order valence-corrected chi connectivity index (χ1v) is 11.4. The van der Waals surface area contributed by atoms with E-state index in [1.165, 1.54) is 24.8 Å². The third-order valence-corrected chi connectivity index (χ3v) is 6.05. The lowest BCUT2D eigenvalue weighted by atomic mass is 10.1. The molecule has 1 fully saturated rings. The number of aromatic nitrogens is 3. The van der Waals surface area contributed by atoms with E-state index >= 15 is 0 Å². The molecule has 0 atom stereocenters. The van der Waals surface area contributed by atoms with Crippen molar-refractivity contribution in [2.75, 3.05) is 25.4 Å². The molecule has 0 radical (unpaired) electrons. The largest absolute Gasteiger partial charge is 0.493 e. The molecular formula is C23H28N4OS. The van der Waals surface area contributed by atoms with Crippen molar-refractivity contribution in [2.45, 2.75) is 37.5 Å². The first-order chi connectivity index (χ1) is 14.4. The molecule has 1 aliphatic heterocycles. The molecule has 0 N–H and O–H groups in total. The van der Waals surface area contributed by atoms with Gasteiger partial charge in [0, 0.05) is 5.75 Å². The van der Waals surface area contributed by atoms with Gasteiger partial charge in [-0.05, 0) is 43.6 Å². The Morgan fingerprint density at radius 2 is 1.55 bits per heavy atom. The highest BCUT2D eigenvalue weighted by Gasteiger charge is 2.18. The highest BCUT2D eigenvalue weighted by molar-refractivity contribution is 7.99. The number of nitrogens with zero attached hydrogens (tertiary/aromatic N) is 4. The number of hydrogen-bond donors (Lipinski definition) is 0. The van der Waals surface area contributed by atoms with E-state index in [0.717, 1.165) is 48.7 Å². The van der Waals surface area contributed by atoms with Crippen molar-refractivity contribution in [3.63, 3.8) is 0 Å². The molecule has 0 bridgehead atoms. The molecule has 2 aromatic carbocycles. The van der Waals surface area contributed by atoms with Crippen LogP contribution in [0.2, 0.25) is 0 Å². The summed E-state index contributed by atoms with van der Waals surface area (Å²) in [6.45, 7) is 4.64. The van der Waals surface area contributed by atoms with Crippen LogP contribution in [0, 0.1) is 0 Å². The summed E-state index contributed by atoms with van der Waals surface area (Å²) in [5.74, 6) is 2.80. The molecule has 0 amide bonds. The molecule has 152 valence electrons. The van der Waals surface area contributed by atoms with Gasteiger partial charge in [-0.1, -0.05) is 66.7 Å². The fourth-order valence-corrected chi connectivity index (χ4v) is 4.37. The Morgan fingerprint density at radius 1 is 0.828 bits per heavy atom. The van der Waals surface area contributed by atoms with E-state index in [2.05, 4.69) is 50.0 Å². The van der Waals surface area contributed by atoms with Gasteiger partial charge in [-0.15, -0.1) is 10.2 Å². The fraction of sp³-hybridized carbons (Fsp3) is 0.391. The highest BCUT2D eigenvalue weighted by atomic mass is 32.2. The third kappa shape index (κ3) is 5.84. The van der Waals surface area contributed by atoms with Gasteiger partial charge in [0.1, 0.15) is 11.6 Å². The zero-order chi connectivity index (χ0) is 19.7. The molecule has 3 aromatic rings. The van der Waals surface area contributed by atoms with E-state index in [9.17, 15) is 0 Å². The summed E-state index contributed by atoms with van der Waals surface area (Å²) < 4.78 is 8.10. The molecule has 6 heteroatoms. The van der Waals surface area contributed by atoms with Crippen molar-refractivity contribution in [2.24, 2.45) is 0 Å². The third-order valence-electron chi connectivity index (χ3n) is 5.12. The number of hydrogen-bond acceptors (Lipinski definition) is 5. The lowest BCUT2D eigenvalue weighted by Gasteiger charge is -2.26. The topological polar surface area (TPSA) is 43.2 Å². The van der Waals surface area contributed by atoms with Crippen molar-refractivity contribution in [1.29, 1.82) is 0 Å². The first kappa shape index (κ1) is 20.0. The van der Waals surface area contributed by atoms with E-state index in [0.29, 0.717) is 6.61 Å². The molecule has 4 rings (SSSR count). The van der Waals surface area contributed by atoms with Crippen LogP contribution in [0.1, 0.15) is 30.7 Å². The molecule has 1 aromatic heterocycles. The van der Waals surface area contributed by atoms with Crippen LogP contribution in [0.15, 0.2) is 65.8 Å². The minimum Gasteiger partial charge on any atom is -0.493 e. The zero-order valence-electron chi connectivity index (χ0n) is 16.7. The Balaban J connectivity index is 1.42. The minimum absolute atomic E-state index is 0.647. The Morgan fingerprint density at radius 3 is 2.31 bits per heavy atom. The lowest BCUT2D eigenvalue weighted by molar-refractivity contribution is 0.213. The second kappa shape index (κ2) is 10.5. The van der Waals surface area contributed by atoms with Crippen molar-refractivity contribution < 1.29 is 4.74 Å². The van der Waals surface area contributed by atoms with Gasteiger partial charge in [-0.25, -0.2) is 0 Å². The van der Waals surface area contributed by atoms with Gasteiger partial charge in [-0.3, -0.25) is 4.90 Å². The summed E-state index contributed by atoms with van der Waals surface area (Å²) >= 11 is 1.71. The second-order valence-electron chi connectivity index (χ2n) is 7.32. The van der Waals surface area contributed by atoms with Gasteiger partial charge in [0.2, 0.25) is 0 Å². The van der Waals surface area contributed by atoms with Gasteiger partial charge in [0.25, 0.3) is 0 Å². The predicted molar refractivity (Wildman–Crippen MR) is 117 cm³/mol. The van der Waals surface area contributed by atoms with E-state index in [1.54, 1.807) is 11.8 Å². The average Bonchev–Trinajstić information content (AvgIpc) is 3.14. The highest BCUT2D eigenvalue weighted by Crippen LogP contribution is 2.21. The SMILES string of the molecule is c1ccc(Cn2c(CN3CCCCC3)nnc2SCCOc2ccccc2)cc1. The number of benzene rings is 2. The number of ether oxygens (including phenoxy) is 1. The number of thioether (sulfide) groups is 1. The summed E-state index contributed by atoms with van der Waals surface area (Å²) in [6.07, 6.45) is 3.91. The standard InChI is InChI=1S/C23H28N4OS/c1-4-10-20(11-5-1)18-27-22(19-26-14-8-3-9-15-26)24-25-23(27)29-17-16-28-21-12-6-2-7-13-21/h1-2,4-7,10-13H,3,8-9,14-19H2. The van der Waals surface area contributed by atoms with Crippen LogP contribution in [0.4, 0.5) is 0 Å². The van der Waals surface area contributed by atoms with E-state index < -0.39 is 0 Å². The van der Waals surface area contributed by atoms with Crippen molar-refractivity contribution >= 4 is 11.8 Å². The van der Waals surface area contributed by atoms with E-state index in [1.807, 2.05) is 30.3 Å². The van der Waals surface area contributed by atoms with Gasteiger partial charge in [0.05, 0.1) is 19.7 Å². The molecule has 29 heavy (non-hydrogen) atoms. The monoisotopic (exact) mass is 408 g/mol. The van der Waals surface area contributed by atoms with Gasteiger partial charge >= 0.3 is 0 Å². The fourth-order valence-electron chi connectivity index (χ4n) is 3.59. The quantitative estimate of drug-likeness (QED) is 0.386. The van der Waals surface area contributed by atoms with Crippen LogP contribution in [-0.2, 0) is 13.1 Å². The molecule has 1 saturated heterocycles. The second-order valence-corrected chi connectivity index (χ2v) is 8.38. The van der Waals surface area contributed by atoms with Gasteiger partial charge in [-0.2, -0.15) is 0 Å². The van der Waals surface area contributed by atoms with Gasteiger partial charge in [0.15, 0.2) is 5.16 Å².